The fraction of sp³-hybridized carbons (Fsp3) is 0.321. The van der Waals surface area contributed by atoms with Crippen molar-refractivity contribution in [1.82, 2.24) is 10.2 Å². The molecule has 1 amide bonds. The van der Waals surface area contributed by atoms with Crippen LogP contribution in [0.5, 0.6) is 0 Å². The Morgan fingerprint density at radius 3 is 2.62 bits per heavy atom. The van der Waals surface area contributed by atoms with Crippen LogP contribution in [0.4, 0.5) is 0 Å². The molecule has 164 valence electrons. The van der Waals surface area contributed by atoms with E-state index in [0.29, 0.717) is 6.42 Å². The Morgan fingerprint density at radius 2 is 1.84 bits per heavy atom. The minimum atomic E-state index is 0.215. The molecular weight excluding hydrogens is 416 g/mol. The van der Waals surface area contributed by atoms with Gasteiger partial charge in [0.25, 0.3) is 0 Å². The van der Waals surface area contributed by atoms with Gasteiger partial charge in [-0.3, -0.25) is 4.79 Å². The Kier molecular flexibility index (Phi) is 5.93. The van der Waals surface area contributed by atoms with E-state index in [0.717, 1.165) is 49.4 Å². The summed E-state index contributed by atoms with van der Waals surface area (Å²) in [6.07, 6.45) is 10.8. The number of carbonyl (C=O) groups excluding carboxylic acids is 1. The number of nitrogens with zero attached hydrogens (tertiary/aromatic N) is 1. The lowest BCUT2D eigenvalue weighted by Gasteiger charge is -2.33. The quantitative estimate of drug-likeness (QED) is 0.651. The molecule has 2 aliphatic heterocycles. The second-order valence-corrected chi connectivity index (χ2v) is 9.50. The summed E-state index contributed by atoms with van der Waals surface area (Å²) in [6.45, 7) is 3.64. The zero-order valence-electron chi connectivity index (χ0n) is 18.5. The first-order chi connectivity index (χ1) is 15.6. The average Bonchev–Trinajstić information content (AvgIpc) is 2.97. The molecule has 1 unspecified atom stereocenters. The topological polar surface area (TPSA) is 32.3 Å². The van der Waals surface area contributed by atoms with E-state index < -0.39 is 0 Å². The normalized spacial score (nSPS) is 20.1. The van der Waals surface area contributed by atoms with E-state index in [2.05, 4.69) is 67.0 Å². The molecule has 1 N–H and O–H groups in total. The highest BCUT2D eigenvalue weighted by atomic mass is 35.5. The van der Waals surface area contributed by atoms with Gasteiger partial charge >= 0.3 is 0 Å². The SMILES string of the molecule is Cc1ccc(CC(=O)N2CCC(=C3c4ccc(Cl)cc4CCC4=CC=CNC43)CC2)cc1. The minimum absolute atomic E-state index is 0.215. The van der Waals surface area contributed by atoms with Gasteiger partial charge in [0.05, 0.1) is 12.5 Å². The number of aryl methyl sites for hydroxylation is 2. The number of amides is 1. The van der Waals surface area contributed by atoms with E-state index in [9.17, 15) is 4.79 Å². The number of rotatable bonds is 2. The van der Waals surface area contributed by atoms with E-state index in [1.54, 1.807) is 0 Å². The van der Waals surface area contributed by atoms with Gasteiger partial charge in [-0.1, -0.05) is 59.1 Å². The van der Waals surface area contributed by atoms with Gasteiger partial charge in [-0.2, -0.15) is 0 Å². The Labute approximate surface area is 195 Å². The Balaban J connectivity index is 1.39. The first-order valence-corrected chi connectivity index (χ1v) is 11.9. The number of benzene rings is 2. The summed E-state index contributed by atoms with van der Waals surface area (Å²) in [4.78, 5) is 15.0. The third-order valence-corrected chi connectivity index (χ3v) is 7.18. The summed E-state index contributed by atoms with van der Waals surface area (Å²) >= 11 is 6.34. The molecule has 2 aromatic rings. The van der Waals surface area contributed by atoms with E-state index in [1.807, 2.05) is 11.0 Å². The van der Waals surface area contributed by atoms with Crippen LogP contribution in [0.1, 0.15) is 41.5 Å². The monoisotopic (exact) mass is 444 g/mol. The fourth-order valence-electron chi connectivity index (χ4n) is 5.17. The fourth-order valence-corrected chi connectivity index (χ4v) is 5.37. The molecule has 0 spiro atoms. The molecule has 1 atom stereocenters. The molecule has 0 saturated carbocycles. The maximum atomic E-state index is 12.9. The molecule has 0 bridgehead atoms. The van der Waals surface area contributed by atoms with Crippen molar-refractivity contribution in [1.29, 1.82) is 0 Å². The van der Waals surface area contributed by atoms with Gasteiger partial charge in [-0.15, -0.1) is 0 Å². The summed E-state index contributed by atoms with van der Waals surface area (Å²) < 4.78 is 0. The number of hydrogen-bond donors (Lipinski definition) is 1. The first-order valence-electron chi connectivity index (χ1n) is 11.5. The Bertz CT molecular complexity index is 1120. The van der Waals surface area contributed by atoms with Crippen molar-refractivity contribution >= 4 is 23.1 Å². The number of halogens is 1. The van der Waals surface area contributed by atoms with Crippen LogP contribution in [0, 0.1) is 6.92 Å². The largest absolute Gasteiger partial charge is 0.380 e. The zero-order valence-corrected chi connectivity index (χ0v) is 19.3. The van der Waals surface area contributed by atoms with Crippen LogP contribution in [0.15, 0.2) is 72.0 Å². The zero-order chi connectivity index (χ0) is 22.1. The standard InChI is InChI=1S/C28H29ClN2O/c1-19-4-6-20(7-5-19)17-26(32)31-15-12-21(13-16-31)27-25-11-10-24(29)18-23(25)9-8-22-3-2-14-30-28(22)27/h2-7,10-11,14,18,28,30H,8-9,12-13,15-17H2,1H3. The van der Waals surface area contributed by atoms with E-state index in [1.165, 1.54) is 33.4 Å². The maximum absolute atomic E-state index is 12.9. The predicted octanol–water partition coefficient (Wildman–Crippen LogP) is 5.63. The molecule has 3 nitrogen and oxygen atoms in total. The Morgan fingerprint density at radius 1 is 1.06 bits per heavy atom. The highest BCUT2D eigenvalue weighted by Crippen LogP contribution is 2.39. The molecule has 4 heteroatoms. The van der Waals surface area contributed by atoms with Crippen LogP contribution < -0.4 is 5.32 Å². The van der Waals surface area contributed by atoms with Crippen LogP contribution in [0.25, 0.3) is 5.57 Å². The number of carbonyl (C=O) groups is 1. The molecule has 0 aromatic heterocycles. The van der Waals surface area contributed by atoms with Gasteiger partial charge in [0.2, 0.25) is 5.91 Å². The lowest BCUT2D eigenvalue weighted by molar-refractivity contribution is -0.130. The van der Waals surface area contributed by atoms with E-state index in [-0.39, 0.29) is 11.9 Å². The van der Waals surface area contributed by atoms with Gasteiger partial charge in [0.15, 0.2) is 0 Å². The van der Waals surface area contributed by atoms with Crippen molar-refractivity contribution in [3.63, 3.8) is 0 Å². The summed E-state index contributed by atoms with van der Waals surface area (Å²) in [5, 5.41) is 4.42. The molecule has 2 aromatic carbocycles. The lowest BCUT2D eigenvalue weighted by atomic mass is 9.85. The lowest BCUT2D eigenvalue weighted by Crippen LogP contribution is -2.38. The van der Waals surface area contributed by atoms with Gasteiger partial charge in [0.1, 0.15) is 0 Å². The summed E-state index contributed by atoms with van der Waals surface area (Å²) in [7, 11) is 0. The van der Waals surface area contributed by atoms with Crippen molar-refractivity contribution in [2.45, 2.75) is 45.1 Å². The molecule has 0 radical (unpaired) electrons. The Hall–Kier alpha value is -2.78. The number of allylic oxidation sites excluding steroid dienone is 2. The highest BCUT2D eigenvalue weighted by Gasteiger charge is 2.30. The molecule has 3 aliphatic rings. The van der Waals surface area contributed by atoms with Crippen molar-refractivity contribution in [3.8, 4) is 0 Å². The molecule has 2 heterocycles. The van der Waals surface area contributed by atoms with Gasteiger partial charge in [-0.25, -0.2) is 0 Å². The summed E-state index contributed by atoms with van der Waals surface area (Å²) in [6, 6.07) is 14.8. The molecule has 1 aliphatic carbocycles. The molecule has 5 rings (SSSR count). The molecule has 1 fully saturated rings. The van der Waals surface area contributed by atoms with Crippen LogP contribution >= 0.6 is 11.6 Å². The number of fused-ring (bicyclic) bond motifs is 2. The number of dihydropyridines is 1. The number of hydrogen-bond acceptors (Lipinski definition) is 2. The molecule has 1 saturated heterocycles. The minimum Gasteiger partial charge on any atom is -0.380 e. The summed E-state index contributed by atoms with van der Waals surface area (Å²) in [5.74, 6) is 0.227. The molecular formula is C28H29ClN2O. The van der Waals surface area contributed by atoms with Crippen molar-refractivity contribution in [2.75, 3.05) is 13.1 Å². The average molecular weight is 445 g/mol. The first kappa shape index (κ1) is 21.1. The second-order valence-electron chi connectivity index (χ2n) is 9.06. The van der Waals surface area contributed by atoms with Gasteiger partial charge in [-0.05, 0) is 84.9 Å². The third kappa shape index (κ3) is 4.27. The smallest absolute Gasteiger partial charge is 0.227 e. The third-order valence-electron chi connectivity index (χ3n) is 6.95. The van der Waals surface area contributed by atoms with Gasteiger partial charge in [0, 0.05) is 18.1 Å². The number of likely N-dealkylation sites (tertiary alicyclic amines) is 1. The predicted molar refractivity (Wildman–Crippen MR) is 132 cm³/mol. The van der Waals surface area contributed by atoms with Crippen molar-refractivity contribution in [3.05, 3.63) is 99.2 Å². The van der Waals surface area contributed by atoms with Crippen LogP contribution in [0.2, 0.25) is 5.02 Å². The maximum Gasteiger partial charge on any atom is 0.227 e. The molecule has 32 heavy (non-hydrogen) atoms. The van der Waals surface area contributed by atoms with Crippen LogP contribution in [-0.4, -0.2) is 29.9 Å². The highest BCUT2D eigenvalue weighted by molar-refractivity contribution is 6.30. The number of piperidine rings is 1. The van der Waals surface area contributed by atoms with Crippen LogP contribution in [-0.2, 0) is 17.6 Å². The van der Waals surface area contributed by atoms with E-state index >= 15 is 0 Å². The van der Waals surface area contributed by atoms with E-state index in [4.69, 9.17) is 11.6 Å². The second kappa shape index (κ2) is 8.99. The summed E-state index contributed by atoms with van der Waals surface area (Å²) in [5.41, 5.74) is 9.26. The van der Waals surface area contributed by atoms with Gasteiger partial charge < -0.3 is 10.2 Å². The number of nitrogens with one attached hydrogen (secondary N) is 1. The van der Waals surface area contributed by atoms with Crippen LogP contribution in [0.3, 0.4) is 0 Å². The van der Waals surface area contributed by atoms with Crippen molar-refractivity contribution in [2.24, 2.45) is 0 Å². The van der Waals surface area contributed by atoms with Crippen molar-refractivity contribution < 1.29 is 4.79 Å².